The Morgan fingerprint density at radius 1 is 1.32 bits per heavy atom. The lowest BCUT2D eigenvalue weighted by molar-refractivity contribution is -0.117. The SMILES string of the molecule is C[C@@H](NC(=O)/C=C/c1ccc(Cl)cc1Cl)[C@@H]1C[C@H]2CC[C@H]1C2. The number of hydrogen-bond donors (Lipinski definition) is 1. The first-order valence-electron chi connectivity index (χ1n) is 7.96. The highest BCUT2D eigenvalue weighted by Gasteiger charge is 2.41. The second-order valence-corrected chi connectivity index (χ2v) is 7.48. The lowest BCUT2D eigenvalue weighted by Crippen LogP contribution is -2.39. The molecule has 0 heterocycles. The summed E-state index contributed by atoms with van der Waals surface area (Å²) in [5.74, 6) is 2.31. The molecule has 118 valence electrons. The zero-order valence-electron chi connectivity index (χ0n) is 12.7. The van der Waals surface area contributed by atoms with Crippen LogP contribution in [0, 0.1) is 17.8 Å². The smallest absolute Gasteiger partial charge is 0.244 e. The van der Waals surface area contributed by atoms with Crippen molar-refractivity contribution in [2.75, 3.05) is 0 Å². The third-order valence-corrected chi connectivity index (χ3v) is 5.74. The number of carbonyl (C=O) groups excluding carboxylic acids is 1. The summed E-state index contributed by atoms with van der Waals surface area (Å²) in [6, 6.07) is 5.50. The Morgan fingerprint density at radius 2 is 2.14 bits per heavy atom. The van der Waals surface area contributed by atoms with Crippen LogP contribution in [-0.4, -0.2) is 11.9 Å². The van der Waals surface area contributed by atoms with Crippen LogP contribution in [0.5, 0.6) is 0 Å². The number of carbonyl (C=O) groups is 1. The number of benzene rings is 1. The van der Waals surface area contributed by atoms with Gasteiger partial charge in [0, 0.05) is 22.2 Å². The minimum Gasteiger partial charge on any atom is -0.350 e. The Balaban J connectivity index is 1.56. The quantitative estimate of drug-likeness (QED) is 0.774. The van der Waals surface area contributed by atoms with Gasteiger partial charge in [0.2, 0.25) is 5.91 Å². The van der Waals surface area contributed by atoms with Gasteiger partial charge in [0.15, 0.2) is 0 Å². The lowest BCUT2D eigenvalue weighted by atomic mass is 9.84. The maximum Gasteiger partial charge on any atom is 0.244 e. The maximum absolute atomic E-state index is 12.1. The molecule has 1 N–H and O–H groups in total. The zero-order chi connectivity index (χ0) is 15.7. The van der Waals surface area contributed by atoms with Crippen molar-refractivity contribution in [3.63, 3.8) is 0 Å². The molecular weight excluding hydrogens is 317 g/mol. The largest absolute Gasteiger partial charge is 0.350 e. The van der Waals surface area contributed by atoms with E-state index in [0.717, 1.165) is 17.4 Å². The monoisotopic (exact) mass is 337 g/mol. The minimum absolute atomic E-state index is 0.0544. The van der Waals surface area contributed by atoms with Crippen molar-refractivity contribution in [1.29, 1.82) is 0 Å². The van der Waals surface area contributed by atoms with Gasteiger partial charge in [-0.15, -0.1) is 0 Å². The summed E-state index contributed by atoms with van der Waals surface area (Å²) in [5.41, 5.74) is 0.800. The van der Waals surface area contributed by atoms with Crippen LogP contribution in [0.4, 0.5) is 0 Å². The Labute approximate surface area is 141 Å². The number of fused-ring (bicyclic) bond motifs is 2. The highest BCUT2D eigenvalue weighted by atomic mass is 35.5. The topological polar surface area (TPSA) is 29.1 Å². The third-order valence-electron chi connectivity index (χ3n) is 5.18. The Hall–Kier alpha value is -0.990. The van der Waals surface area contributed by atoms with Crippen molar-refractivity contribution < 1.29 is 4.79 Å². The van der Waals surface area contributed by atoms with E-state index in [0.29, 0.717) is 16.0 Å². The summed E-state index contributed by atoms with van der Waals surface area (Å²) in [6.45, 7) is 2.13. The number of amides is 1. The van der Waals surface area contributed by atoms with E-state index in [4.69, 9.17) is 23.2 Å². The first-order valence-corrected chi connectivity index (χ1v) is 8.72. The molecule has 2 fully saturated rings. The molecular formula is C18H21Cl2NO. The van der Waals surface area contributed by atoms with Gasteiger partial charge in [-0.25, -0.2) is 0 Å². The molecule has 0 aromatic heterocycles. The first-order chi connectivity index (χ1) is 10.5. The molecule has 0 saturated heterocycles. The van der Waals surface area contributed by atoms with Crippen molar-refractivity contribution in [3.8, 4) is 0 Å². The highest BCUT2D eigenvalue weighted by molar-refractivity contribution is 6.35. The number of rotatable bonds is 4. The van der Waals surface area contributed by atoms with Crippen LogP contribution in [0.15, 0.2) is 24.3 Å². The average molecular weight is 338 g/mol. The summed E-state index contributed by atoms with van der Waals surface area (Å²) in [6.07, 6.45) is 8.66. The molecule has 2 aliphatic carbocycles. The first kappa shape index (κ1) is 15.9. The van der Waals surface area contributed by atoms with Crippen LogP contribution in [0.3, 0.4) is 0 Å². The fourth-order valence-electron chi connectivity index (χ4n) is 4.09. The van der Waals surface area contributed by atoms with Gasteiger partial charge in [-0.1, -0.05) is 35.7 Å². The Bertz CT molecular complexity index is 599. The Morgan fingerprint density at radius 3 is 2.77 bits per heavy atom. The minimum atomic E-state index is -0.0544. The van der Waals surface area contributed by atoms with E-state index in [2.05, 4.69) is 12.2 Å². The molecule has 0 radical (unpaired) electrons. The fraction of sp³-hybridized carbons (Fsp3) is 0.500. The molecule has 2 nitrogen and oxygen atoms in total. The van der Waals surface area contributed by atoms with Gasteiger partial charge in [0.05, 0.1) is 0 Å². The van der Waals surface area contributed by atoms with Crippen LogP contribution >= 0.6 is 23.2 Å². The molecule has 0 unspecified atom stereocenters. The van der Waals surface area contributed by atoms with Crippen molar-refractivity contribution in [2.45, 2.75) is 38.6 Å². The highest BCUT2D eigenvalue weighted by Crippen LogP contribution is 2.49. The van der Waals surface area contributed by atoms with Gasteiger partial charge in [-0.05, 0) is 67.7 Å². The second-order valence-electron chi connectivity index (χ2n) is 6.64. The van der Waals surface area contributed by atoms with Gasteiger partial charge >= 0.3 is 0 Å². The van der Waals surface area contributed by atoms with Gasteiger partial charge in [0.25, 0.3) is 0 Å². The molecule has 2 saturated carbocycles. The molecule has 4 heteroatoms. The molecule has 2 aliphatic rings. The van der Waals surface area contributed by atoms with Crippen LogP contribution in [0.1, 0.15) is 38.2 Å². The maximum atomic E-state index is 12.1. The number of nitrogens with one attached hydrogen (secondary N) is 1. The second kappa shape index (κ2) is 6.64. The Kier molecular flexibility index (Phi) is 4.79. The molecule has 22 heavy (non-hydrogen) atoms. The predicted molar refractivity (Wildman–Crippen MR) is 92.0 cm³/mol. The van der Waals surface area contributed by atoms with E-state index in [1.807, 2.05) is 6.07 Å². The normalized spacial score (nSPS) is 28.2. The number of hydrogen-bond acceptors (Lipinski definition) is 1. The van der Waals surface area contributed by atoms with Crippen molar-refractivity contribution in [3.05, 3.63) is 39.9 Å². The predicted octanol–water partition coefficient (Wildman–Crippen LogP) is 4.95. The molecule has 0 spiro atoms. The zero-order valence-corrected chi connectivity index (χ0v) is 14.2. The molecule has 1 aromatic carbocycles. The van der Waals surface area contributed by atoms with E-state index < -0.39 is 0 Å². The summed E-state index contributed by atoms with van der Waals surface area (Å²) < 4.78 is 0. The molecule has 1 amide bonds. The number of halogens is 2. The van der Waals surface area contributed by atoms with Gasteiger partial charge < -0.3 is 5.32 Å². The molecule has 2 bridgehead atoms. The lowest BCUT2D eigenvalue weighted by Gasteiger charge is -2.28. The van der Waals surface area contributed by atoms with Crippen LogP contribution < -0.4 is 5.32 Å². The molecule has 3 rings (SSSR count). The van der Waals surface area contributed by atoms with Gasteiger partial charge in [0.1, 0.15) is 0 Å². The molecule has 0 aliphatic heterocycles. The van der Waals surface area contributed by atoms with E-state index in [-0.39, 0.29) is 11.9 Å². The van der Waals surface area contributed by atoms with E-state index >= 15 is 0 Å². The van der Waals surface area contributed by atoms with Crippen molar-refractivity contribution in [2.24, 2.45) is 17.8 Å². The van der Waals surface area contributed by atoms with Gasteiger partial charge in [-0.2, -0.15) is 0 Å². The molecule has 1 aromatic rings. The van der Waals surface area contributed by atoms with Crippen LogP contribution in [-0.2, 0) is 4.79 Å². The van der Waals surface area contributed by atoms with Crippen LogP contribution in [0.25, 0.3) is 6.08 Å². The summed E-state index contributed by atoms with van der Waals surface area (Å²) in [7, 11) is 0. The third kappa shape index (κ3) is 3.49. The van der Waals surface area contributed by atoms with Crippen molar-refractivity contribution >= 4 is 35.2 Å². The summed E-state index contributed by atoms with van der Waals surface area (Å²) >= 11 is 12.0. The van der Waals surface area contributed by atoms with Crippen molar-refractivity contribution in [1.82, 2.24) is 5.32 Å². The summed E-state index contributed by atoms with van der Waals surface area (Å²) in [5, 5.41) is 4.26. The van der Waals surface area contributed by atoms with Gasteiger partial charge in [-0.3, -0.25) is 4.79 Å². The van der Waals surface area contributed by atoms with Crippen LogP contribution in [0.2, 0.25) is 10.0 Å². The standard InChI is InChI=1S/C18H21Cl2NO/c1-11(16-9-12-2-3-14(16)8-12)21-18(22)7-5-13-4-6-15(19)10-17(13)20/h4-7,10-12,14,16H,2-3,8-9H2,1H3,(H,21,22)/b7-5+/t11-,12+,14+,16+/m1/s1. The molecule has 4 atom stereocenters. The fourth-order valence-corrected chi connectivity index (χ4v) is 4.56. The van der Waals surface area contributed by atoms with E-state index in [9.17, 15) is 4.79 Å². The average Bonchev–Trinajstić information content (AvgIpc) is 3.09. The van der Waals surface area contributed by atoms with E-state index in [1.165, 1.54) is 25.7 Å². The summed E-state index contributed by atoms with van der Waals surface area (Å²) in [4.78, 5) is 12.1. The van der Waals surface area contributed by atoms with E-state index in [1.54, 1.807) is 24.3 Å².